The van der Waals surface area contributed by atoms with Gasteiger partial charge in [-0.3, -0.25) is 4.79 Å². The molecule has 0 aromatic carbocycles. The molecule has 0 aliphatic carbocycles. The molecule has 0 radical (unpaired) electrons. The SMILES string of the molecule is CCCCC[C@@H]1OCO[C@@](C)(COC(=O)C(C)(C)C)[C@@H](O[Si](CC)(CC)CC)[C@@H]1C/C(C)=C/[Si](C)(C)C. The first-order chi connectivity index (χ1) is 17.1. The fourth-order valence-electron chi connectivity index (χ4n) is 5.44. The number of rotatable bonds is 14. The van der Waals surface area contributed by atoms with Gasteiger partial charge < -0.3 is 18.6 Å². The quantitative estimate of drug-likeness (QED) is 0.122. The van der Waals surface area contributed by atoms with Crippen LogP contribution in [0.2, 0.25) is 37.8 Å². The minimum Gasteiger partial charge on any atom is -0.462 e. The van der Waals surface area contributed by atoms with Gasteiger partial charge in [0.2, 0.25) is 0 Å². The van der Waals surface area contributed by atoms with Gasteiger partial charge in [-0.05, 0) is 65.6 Å². The van der Waals surface area contributed by atoms with Gasteiger partial charge in [-0.25, -0.2) is 0 Å². The molecule has 218 valence electrons. The molecule has 0 amide bonds. The molecule has 1 fully saturated rings. The Kier molecular flexibility index (Phi) is 13.8. The molecule has 7 heteroatoms. The van der Waals surface area contributed by atoms with Crippen LogP contribution in [0.15, 0.2) is 11.3 Å². The lowest BCUT2D eigenvalue weighted by Gasteiger charge is -2.45. The van der Waals surface area contributed by atoms with Gasteiger partial charge in [-0.15, -0.1) is 0 Å². The molecule has 0 saturated carbocycles. The molecule has 1 aliphatic rings. The third kappa shape index (κ3) is 10.9. The predicted molar refractivity (Wildman–Crippen MR) is 161 cm³/mol. The van der Waals surface area contributed by atoms with E-state index in [9.17, 15) is 4.79 Å². The Morgan fingerprint density at radius 3 is 2.14 bits per heavy atom. The summed E-state index contributed by atoms with van der Waals surface area (Å²) in [5.74, 6) is -0.0705. The highest BCUT2D eigenvalue weighted by Gasteiger charge is 2.51. The van der Waals surface area contributed by atoms with E-state index in [1.165, 1.54) is 18.4 Å². The molecule has 5 nitrogen and oxygen atoms in total. The zero-order valence-corrected chi connectivity index (χ0v) is 28.4. The molecule has 1 rings (SSSR count). The van der Waals surface area contributed by atoms with Crippen molar-refractivity contribution < 1.29 is 23.4 Å². The van der Waals surface area contributed by atoms with Gasteiger partial charge in [-0.1, -0.05) is 77.9 Å². The average Bonchev–Trinajstić information content (AvgIpc) is 2.91. The van der Waals surface area contributed by atoms with E-state index in [4.69, 9.17) is 18.6 Å². The summed E-state index contributed by atoms with van der Waals surface area (Å²) in [6, 6.07) is 3.19. The molecule has 37 heavy (non-hydrogen) atoms. The van der Waals surface area contributed by atoms with Crippen molar-refractivity contribution >= 4 is 22.4 Å². The number of carbonyl (C=O) groups is 1. The highest BCUT2D eigenvalue weighted by Crippen LogP contribution is 2.41. The Hall–Kier alpha value is -0.476. The second kappa shape index (κ2) is 14.8. The van der Waals surface area contributed by atoms with E-state index in [1.54, 1.807) is 0 Å². The van der Waals surface area contributed by atoms with E-state index >= 15 is 0 Å². The first-order valence-electron chi connectivity index (χ1n) is 14.8. The molecular formula is C30H60O5Si2. The molecule has 0 unspecified atom stereocenters. The van der Waals surface area contributed by atoms with E-state index in [2.05, 4.69) is 66.9 Å². The Labute approximate surface area is 231 Å². The fraction of sp³-hybridized carbons (Fsp3) is 0.900. The normalized spacial score (nSPS) is 26.2. The monoisotopic (exact) mass is 556 g/mol. The third-order valence-electron chi connectivity index (χ3n) is 7.88. The van der Waals surface area contributed by atoms with E-state index in [1.807, 2.05) is 20.8 Å². The van der Waals surface area contributed by atoms with Crippen LogP contribution in [0.1, 0.15) is 94.4 Å². The topological polar surface area (TPSA) is 54.0 Å². The van der Waals surface area contributed by atoms with Crippen LogP contribution >= 0.6 is 0 Å². The van der Waals surface area contributed by atoms with Crippen LogP contribution in [0.25, 0.3) is 0 Å². The van der Waals surface area contributed by atoms with Gasteiger partial charge in [-0.2, -0.15) is 0 Å². The molecule has 0 bridgehead atoms. The maximum atomic E-state index is 12.8. The summed E-state index contributed by atoms with van der Waals surface area (Å²) in [5.41, 5.74) is 2.58. The second-order valence-corrected chi connectivity index (χ2v) is 23.4. The molecule has 4 atom stereocenters. The smallest absolute Gasteiger partial charge is 0.311 e. The Balaban J connectivity index is 3.58. The van der Waals surface area contributed by atoms with Crippen molar-refractivity contribution in [3.63, 3.8) is 0 Å². The van der Waals surface area contributed by atoms with Crippen molar-refractivity contribution in [2.75, 3.05) is 13.4 Å². The van der Waals surface area contributed by atoms with E-state index in [0.29, 0.717) is 0 Å². The van der Waals surface area contributed by atoms with Crippen LogP contribution in [0.5, 0.6) is 0 Å². The van der Waals surface area contributed by atoms with Crippen molar-refractivity contribution in [1.29, 1.82) is 0 Å². The van der Waals surface area contributed by atoms with Gasteiger partial charge in [0.15, 0.2) is 8.32 Å². The van der Waals surface area contributed by atoms with Gasteiger partial charge in [0.05, 0.1) is 25.7 Å². The Morgan fingerprint density at radius 1 is 1.05 bits per heavy atom. The number of unbranched alkanes of at least 4 members (excludes halogenated alkanes) is 2. The van der Waals surface area contributed by atoms with Crippen molar-refractivity contribution in [1.82, 2.24) is 0 Å². The number of hydrogen-bond acceptors (Lipinski definition) is 5. The van der Waals surface area contributed by atoms with E-state index in [-0.39, 0.29) is 37.5 Å². The van der Waals surface area contributed by atoms with Gasteiger partial charge in [0.1, 0.15) is 19.0 Å². The van der Waals surface area contributed by atoms with Crippen LogP contribution in [0.4, 0.5) is 0 Å². The summed E-state index contributed by atoms with van der Waals surface area (Å²) in [7, 11) is -3.39. The summed E-state index contributed by atoms with van der Waals surface area (Å²) in [4.78, 5) is 12.8. The number of hydrogen-bond donors (Lipinski definition) is 0. The maximum Gasteiger partial charge on any atom is 0.311 e. The van der Waals surface area contributed by atoms with E-state index in [0.717, 1.165) is 37.4 Å². The second-order valence-electron chi connectivity index (χ2n) is 13.6. The lowest BCUT2D eigenvalue weighted by molar-refractivity contribution is -0.189. The standard InChI is InChI=1S/C30H60O5Si2/c1-13-17-18-19-26-25(20-24(5)21-36(10,11)12)27(35-37(14-2,15-3)16-4)30(9,34-23-33-26)22-32-28(31)29(6,7)8/h21,25-27H,13-20,22-23H2,1-12H3/b24-21+/t25-,26+,27+,30+/m1/s1. The van der Waals surface area contributed by atoms with Crippen molar-refractivity contribution in [2.24, 2.45) is 11.3 Å². The minimum atomic E-state index is -2.00. The minimum absolute atomic E-state index is 0.0546. The summed E-state index contributed by atoms with van der Waals surface area (Å²) in [6.07, 6.45) is 5.28. The largest absolute Gasteiger partial charge is 0.462 e. The summed E-state index contributed by atoms with van der Waals surface area (Å²) in [5, 5.41) is 0. The lowest BCUT2D eigenvalue weighted by Crippen LogP contribution is -2.57. The van der Waals surface area contributed by atoms with Crippen molar-refractivity contribution in [2.45, 2.75) is 150 Å². The molecule has 0 aromatic heterocycles. The number of carbonyl (C=O) groups excluding carboxylic acids is 1. The fourth-order valence-corrected chi connectivity index (χ4v) is 10.0. The van der Waals surface area contributed by atoms with Crippen LogP contribution < -0.4 is 0 Å². The molecule has 0 aromatic rings. The predicted octanol–water partition coefficient (Wildman–Crippen LogP) is 8.51. The lowest BCUT2D eigenvalue weighted by atomic mass is 9.80. The highest BCUT2D eigenvalue weighted by atomic mass is 28.4. The van der Waals surface area contributed by atoms with Crippen molar-refractivity contribution in [3.8, 4) is 0 Å². The number of allylic oxidation sites excluding steroid dienone is 1. The van der Waals surface area contributed by atoms with Crippen LogP contribution in [0, 0.1) is 11.3 Å². The summed E-state index contributed by atoms with van der Waals surface area (Å²) < 4.78 is 26.2. The maximum absolute atomic E-state index is 12.8. The number of ether oxygens (including phenoxy) is 3. The van der Waals surface area contributed by atoms with Crippen LogP contribution in [-0.2, 0) is 23.4 Å². The van der Waals surface area contributed by atoms with Gasteiger partial charge >= 0.3 is 5.97 Å². The molecular weight excluding hydrogens is 496 g/mol. The molecule has 1 saturated heterocycles. The average molecular weight is 557 g/mol. The molecule has 1 aliphatic heterocycles. The highest BCUT2D eigenvalue weighted by molar-refractivity contribution is 6.81. The Bertz CT molecular complexity index is 712. The van der Waals surface area contributed by atoms with Crippen LogP contribution in [-0.4, -0.2) is 53.6 Å². The zero-order valence-electron chi connectivity index (χ0n) is 26.4. The van der Waals surface area contributed by atoms with E-state index < -0.39 is 27.4 Å². The summed E-state index contributed by atoms with van der Waals surface area (Å²) in [6.45, 7) is 26.6. The Morgan fingerprint density at radius 2 is 1.65 bits per heavy atom. The molecule has 0 spiro atoms. The van der Waals surface area contributed by atoms with Crippen LogP contribution in [0.3, 0.4) is 0 Å². The first-order valence-corrected chi connectivity index (χ1v) is 21.0. The third-order valence-corrected chi connectivity index (χ3v) is 13.9. The molecule has 1 heterocycles. The van der Waals surface area contributed by atoms with Crippen molar-refractivity contribution in [3.05, 3.63) is 11.3 Å². The molecule has 0 N–H and O–H groups in total. The van der Waals surface area contributed by atoms with Gasteiger partial charge in [0.25, 0.3) is 0 Å². The summed E-state index contributed by atoms with van der Waals surface area (Å²) >= 11 is 0. The van der Waals surface area contributed by atoms with Gasteiger partial charge in [0, 0.05) is 5.92 Å². The zero-order chi connectivity index (χ0) is 28.5. The first kappa shape index (κ1) is 34.6. The number of esters is 1.